The summed E-state index contributed by atoms with van der Waals surface area (Å²) < 4.78 is 29.4. The van der Waals surface area contributed by atoms with Gasteiger partial charge in [0.05, 0.1) is 17.3 Å². The van der Waals surface area contributed by atoms with Crippen LogP contribution >= 0.6 is 0 Å². The van der Waals surface area contributed by atoms with Crippen LogP contribution in [0.3, 0.4) is 0 Å². The highest BCUT2D eigenvalue weighted by Crippen LogP contribution is 2.36. The van der Waals surface area contributed by atoms with Crippen molar-refractivity contribution in [2.24, 2.45) is 0 Å². The molecule has 10 heteroatoms. The first-order valence-corrected chi connectivity index (χ1v) is 14.5. The first kappa shape index (κ1) is 29.1. The number of aromatic nitrogens is 3. The molecule has 0 bridgehead atoms. The standard InChI is InChI=1S/C34H33FN4O5/c1-20(2)39-29-17-24(10-11-26(29)21(3)37-39)22-6-8-23(9-7-22)32(41)34(42)36-28(19-38-12-4-5-13-38)31(40)25-16-27(35)33-30(18-25)43-14-15-44-33/h4-13,16-18,20,28,31,40H,14-15,19H2,1-3H3,(H,36,42)/t28-,31-/m1/s1. The average molecular weight is 597 g/mol. The second-order valence-electron chi connectivity index (χ2n) is 11.2. The van der Waals surface area contributed by atoms with E-state index in [-0.39, 0.29) is 48.4 Å². The van der Waals surface area contributed by atoms with E-state index in [1.54, 1.807) is 53.4 Å². The number of rotatable bonds is 9. The number of ether oxygens (including phenoxy) is 2. The Morgan fingerprint density at radius 1 is 1.00 bits per heavy atom. The Morgan fingerprint density at radius 2 is 1.70 bits per heavy atom. The summed E-state index contributed by atoms with van der Waals surface area (Å²) in [6.07, 6.45) is 2.19. The summed E-state index contributed by atoms with van der Waals surface area (Å²) in [7, 11) is 0. The van der Waals surface area contributed by atoms with Gasteiger partial charge in [0.1, 0.15) is 19.3 Å². The van der Waals surface area contributed by atoms with Crippen LogP contribution in [0.4, 0.5) is 4.39 Å². The van der Waals surface area contributed by atoms with Crippen molar-refractivity contribution in [1.82, 2.24) is 19.7 Å². The first-order valence-electron chi connectivity index (χ1n) is 14.5. The molecule has 5 aromatic rings. The second-order valence-corrected chi connectivity index (χ2v) is 11.2. The third-order valence-corrected chi connectivity index (χ3v) is 7.80. The molecule has 0 radical (unpaired) electrons. The number of carbonyl (C=O) groups is 2. The van der Waals surface area contributed by atoms with E-state index in [0.717, 1.165) is 33.8 Å². The number of aryl methyl sites for hydroxylation is 1. The van der Waals surface area contributed by atoms with Crippen LogP contribution in [-0.2, 0) is 11.3 Å². The van der Waals surface area contributed by atoms with Crippen molar-refractivity contribution in [3.05, 3.63) is 102 Å². The van der Waals surface area contributed by atoms with Gasteiger partial charge < -0.3 is 24.5 Å². The molecule has 1 amide bonds. The number of aliphatic hydroxyl groups is 1. The SMILES string of the molecule is Cc1nn(C(C)C)c2cc(-c3ccc(C(=O)C(=O)N[C@H](Cn4cccc4)[C@H](O)c4cc(F)c5c(c4)OCCO5)cc3)ccc12. The normalized spacial score (nSPS) is 14.0. The first-order chi connectivity index (χ1) is 21.2. The van der Waals surface area contributed by atoms with Crippen molar-refractivity contribution < 1.29 is 28.6 Å². The van der Waals surface area contributed by atoms with Gasteiger partial charge in [0.15, 0.2) is 17.3 Å². The van der Waals surface area contributed by atoms with Crippen molar-refractivity contribution in [3.63, 3.8) is 0 Å². The number of Topliss-reactive ketones (excluding diaryl/α,β-unsaturated/α-hetero) is 1. The molecule has 2 aromatic heterocycles. The molecule has 0 spiro atoms. The minimum absolute atomic E-state index is 0.0163. The number of aliphatic hydroxyl groups excluding tert-OH is 1. The average Bonchev–Trinajstić information content (AvgIpc) is 3.67. The van der Waals surface area contributed by atoms with Crippen molar-refractivity contribution in [2.45, 2.75) is 45.5 Å². The van der Waals surface area contributed by atoms with Crippen LogP contribution in [-0.4, -0.2) is 50.4 Å². The van der Waals surface area contributed by atoms with Gasteiger partial charge in [-0.05, 0) is 67.8 Å². The molecule has 226 valence electrons. The number of hydrogen-bond acceptors (Lipinski definition) is 6. The van der Waals surface area contributed by atoms with Crippen LogP contribution < -0.4 is 14.8 Å². The maximum absolute atomic E-state index is 14.8. The number of nitrogens with one attached hydrogen (secondary N) is 1. The van der Waals surface area contributed by atoms with Gasteiger partial charge in [-0.3, -0.25) is 14.3 Å². The van der Waals surface area contributed by atoms with Gasteiger partial charge in [0.2, 0.25) is 5.78 Å². The third-order valence-electron chi connectivity index (χ3n) is 7.80. The lowest BCUT2D eigenvalue weighted by molar-refractivity contribution is -0.118. The number of amides is 1. The van der Waals surface area contributed by atoms with Crippen LogP contribution in [0.1, 0.15) is 47.6 Å². The number of halogens is 1. The molecule has 3 aromatic carbocycles. The van der Waals surface area contributed by atoms with Gasteiger partial charge in [0, 0.05) is 35.9 Å². The topological polar surface area (TPSA) is 108 Å². The van der Waals surface area contributed by atoms with Crippen molar-refractivity contribution >= 4 is 22.6 Å². The van der Waals surface area contributed by atoms with E-state index in [9.17, 15) is 19.1 Å². The number of nitrogens with zero attached hydrogens (tertiary/aromatic N) is 3. The lowest BCUT2D eigenvalue weighted by Gasteiger charge is -2.26. The molecule has 9 nitrogen and oxygen atoms in total. The summed E-state index contributed by atoms with van der Waals surface area (Å²) in [6.45, 7) is 6.76. The highest BCUT2D eigenvalue weighted by molar-refractivity contribution is 6.42. The van der Waals surface area contributed by atoms with E-state index < -0.39 is 29.7 Å². The zero-order valence-electron chi connectivity index (χ0n) is 24.7. The third kappa shape index (κ3) is 5.68. The fourth-order valence-corrected chi connectivity index (χ4v) is 5.53. The minimum atomic E-state index is -1.35. The largest absolute Gasteiger partial charge is 0.486 e. The summed E-state index contributed by atoms with van der Waals surface area (Å²) in [5, 5.41) is 19.7. The lowest BCUT2D eigenvalue weighted by Crippen LogP contribution is -2.45. The Labute approximate surface area is 253 Å². The molecule has 0 aliphatic carbocycles. The molecule has 6 rings (SSSR count). The Hall–Kier alpha value is -4.96. The van der Waals surface area contributed by atoms with Crippen molar-refractivity contribution in [1.29, 1.82) is 0 Å². The van der Waals surface area contributed by atoms with E-state index in [1.165, 1.54) is 6.07 Å². The molecule has 44 heavy (non-hydrogen) atoms. The molecular weight excluding hydrogens is 563 g/mol. The van der Waals surface area contributed by atoms with Crippen LogP contribution in [0.2, 0.25) is 0 Å². The Morgan fingerprint density at radius 3 is 2.43 bits per heavy atom. The molecule has 0 saturated heterocycles. The summed E-state index contributed by atoms with van der Waals surface area (Å²) in [6, 6.07) is 18.5. The van der Waals surface area contributed by atoms with E-state index in [0.29, 0.717) is 0 Å². The summed E-state index contributed by atoms with van der Waals surface area (Å²) in [4.78, 5) is 26.4. The van der Waals surface area contributed by atoms with Crippen LogP contribution in [0, 0.1) is 12.7 Å². The van der Waals surface area contributed by atoms with E-state index in [1.807, 2.05) is 23.7 Å². The van der Waals surface area contributed by atoms with Gasteiger partial charge in [-0.1, -0.05) is 36.4 Å². The number of fused-ring (bicyclic) bond motifs is 2. The molecule has 3 heterocycles. The molecule has 1 aliphatic heterocycles. The Balaban J connectivity index is 1.22. The van der Waals surface area contributed by atoms with Crippen LogP contribution in [0.5, 0.6) is 11.5 Å². The fraction of sp³-hybridized carbons (Fsp3) is 0.265. The summed E-state index contributed by atoms with van der Waals surface area (Å²) in [5.41, 5.74) is 4.23. The maximum Gasteiger partial charge on any atom is 0.292 e. The maximum atomic E-state index is 14.8. The molecule has 1 aliphatic rings. The molecular formula is C34H33FN4O5. The number of hydrogen-bond donors (Lipinski definition) is 2. The molecule has 2 N–H and O–H groups in total. The molecule has 0 fully saturated rings. The highest BCUT2D eigenvalue weighted by atomic mass is 19.1. The second kappa shape index (κ2) is 12.0. The van der Waals surface area contributed by atoms with Crippen LogP contribution in [0.15, 0.2) is 79.1 Å². The minimum Gasteiger partial charge on any atom is -0.486 e. The summed E-state index contributed by atoms with van der Waals surface area (Å²) in [5.74, 6) is -2.16. The Bertz CT molecular complexity index is 1830. The van der Waals surface area contributed by atoms with Gasteiger partial charge in [0.25, 0.3) is 5.91 Å². The smallest absolute Gasteiger partial charge is 0.292 e. The fourth-order valence-electron chi connectivity index (χ4n) is 5.53. The van der Waals surface area contributed by atoms with E-state index >= 15 is 0 Å². The van der Waals surface area contributed by atoms with Gasteiger partial charge in [-0.25, -0.2) is 4.39 Å². The highest BCUT2D eigenvalue weighted by Gasteiger charge is 2.29. The predicted molar refractivity (Wildman–Crippen MR) is 163 cm³/mol. The zero-order valence-corrected chi connectivity index (χ0v) is 24.7. The van der Waals surface area contributed by atoms with Crippen molar-refractivity contribution in [2.75, 3.05) is 13.2 Å². The molecule has 2 atom stereocenters. The molecule has 0 saturated carbocycles. The van der Waals surface area contributed by atoms with Gasteiger partial charge in [-0.15, -0.1) is 0 Å². The number of carbonyl (C=O) groups excluding carboxylic acids is 2. The predicted octanol–water partition coefficient (Wildman–Crippen LogP) is 5.41. The van der Waals surface area contributed by atoms with Crippen LogP contribution in [0.25, 0.3) is 22.0 Å². The Kier molecular flexibility index (Phi) is 7.92. The van der Waals surface area contributed by atoms with Gasteiger partial charge >= 0.3 is 0 Å². The zero-order chi connectivity index (χ0) is 31.0. The quantitative estimate of drug-likeness (QED) is 0.174. The van der Waals surface area contributed by atoms with E-state index in [4.69, 9.17) is 9.47 Å². The van der Waals surface area contributed by atoms with E-state index in [2.05, 4.69) is 30.3 Å². The van der Waals surface area contributed by atoms with Crippen molar-refractivity contribution in [3.8, 4) is 22.6 Å². The van der Waals surface area contributed by atoms with Gasteiger partial charge in [-0.2, -0.15) is 5.10 Å². The summed E-state index contributed by atoms with van der Waals surface area (Å²) >= 11 is 0. The number of benzene rings is 3. The molecule has 0 unspecified atom stereocenters. The monoisotopic (exact) mass is 596 g/mol. The lowest BCUT2D eigenvalue weighted by atomic mass is 9.99. The number of ketones is 1.